The quantitative estimate of drug-likeness (QED) is 0.721. The van der Waals surface area contributed by atoms with Gasteiger partial charge in [0.2, 0.25) is 0 Å². The van der Waals surface area contributed by atoms with Crippen molar-refractivity contribution in [2.75, 3.05) is 20.2 Å². The number of nitrogens with one attached hydrogen (secondary N) is 1. The number of methoxy groups -OCH3 is 1. The molecule has 0 spiro atoms. The molecule has 2 rings (SSSR count). The molecule has 0 aliphatic heterocycles. The fourth-order valence-corrected chi connectivity index (χ4v) is 2.79. The van der Waals surface area contributed by atoms with Gasteiger partial charge < -0.3 is 10.1 Å². The van der Waals surface area contributed by atoms with Crippen molar-refractivity contribution in [3.8, 4) is 5.75 Å². The lowest BCUT2D eigenvalue weighted by atomic mass is 10.1. The number of amides is 1. The average molecular weight is 376 g/mol. The van der Waals surface area contributed by atoms with Gasteiger partial charge in [0.25, 0.3) is 5.91 Å². The summed E-state index contributed by atoms with van der Waals surface area (Å²) in [6, 6.07) is 12.8. The first-order valence-corrected chi connectivity index (χ1v) is 9.02. The largest absolute Gasteiger partial charge is 0.497 e. The van der Waals surface area contributed by atoms with Gasteiger partial charge in [-0.05, 0) is 48.5 Å². The second kappa shape index (κ2) is 9.46. The number of benzene rings is 2. The summed E-state index contributed by atoms with van der Waals surface area (Å²) >= 11 is 0. The van der Waals surface area contributed by atoms with Crippen molar-refractivity contribution in [1.82, 2.24) is 10.2 Å². The molecule has 2 aromatic carbocycles. The van der Waals surface area contributed by atoms with Crippen LogP contribution >= 0.6 is 0 Å². The molecule has 0 radical (unpaired) electrons. The topological polar surface area (TPSA) is 41.6 Å². The van der Waals surface area contributed by atoms with E-state index in [4.69, 9.17) is 4.74 Å². The Balaban J connectivity index is 2.08. The number of hydrogen-bond donors (Lipinski definition) is 1. The maximum atomic E-state index is 14.4. The molecule has 0 heterocycles. The van der Waals surface area contributed by atoms with Crippen molar-refractivity contribution < 1.29 is 18.3 Å². The number of carbonyl (C=O) groups excluding carboxylic acids is 1. The van der Waals surface area contributed by atoms with E-state index in [0.717, 1.165) is 24.2 Å². The van der Waals surface area contributed by atoms with E-state index in [2.05, 4.69) is 24.1 Å². The summed E-state index contributed by atoms with van der Waals surface area (Å²) in [4.78, 5) is 14.4. The van der Waals surface area contributed by atoms with E-state index < -0.39 is 11.8 Å². The highest BCUT2D eigenvalue weighted by atomic mass is 19.3. The molecule has 4 nitrogen and oxygen atoms in total. The Labute approximate surface area is 159 Å². The van der Waals surface area contributed by atoms with Gasteiger partial charge in [0, 0.05) is 18.7 Å². The van der Waals surface area contributed by atoms with Gasteiger partial charge in [-0.15, -0.1) is 0 Å². The molecule has 0 atom stereocenters. The minimum absolute atomic E-state index is 0.0576. The SMILES string of the molecule is CCN(CC)Cc1ccccc1CNC(=O)C(F)(F)c1ccc(OC)cc1. The van der Waals surface area contributed by atoms with Crippen molar-refractivity contribution >= 4 is 5.91 Å². The van der Waals surface area contributed by atoms with Crippen LogP contribution in [0.5, 0.6) is 5.75 Å². The van der Waals surface area contributed by atoms with Gasteiger partial charge in [0.15, 0.2) is 0 Å². The van der Waals surface area contributed by atoms with Crippen LogP contribution in [0.15, 0.2) is 48.5 Å². The van der Waals surface area contributed by atoms with Crippen LogP contribution in [0.4, 0.5) is 8.78 Å². The van der Waals surface area contributed by atoms with E-state index >= 15 is 0 Å². The fourth-order valence-electron chi connectivity index (χ4n) is 2.79. The Morgan fingerprint density at radius 3 is 2.19 bits per heavy atom. The Hall–Kier alpha value is -2.47. The molecule has 0 aliphatic rings. The smallest absolute Gasteiger partial charge is 0.349 e. The van der Waals surface area contributed by atoms with Crippen LogP contribution in [0.1, 0.15) is 30.5 Å². The van der Waals surface area contributed by atoms with Crippen molar-refractivity contribution in [2.24, 2.45) is 0 Å². The summed E-state index contributed by atoms with van der Waals surface area (Å²) < 4.78 is 33.9. The Kier molecular flexibility index (Phi) is 7.30. The van der Waals surface area contributed by atoms with Gasteiger partial charge in [-0.25, -0.2) is 0 Å². The number of hydrogen-bond acceptors (Lipinski definition) is 3. The molecule has 0 saturated carbocycles. The van der Waals surface area contributed by atoms with Crippen LogP contribution in [-0.4, -0.2) is 31.0 Å². The summed E-state index contributed by atoms with van der Waals surface area (Å²) in [6.45, 7) is 6.71. The summed E-state index contributed by atoms with van der Waals surface area (Å²) in [7, 11) is 1.45. The molecule has 0 aliphatic carbocycles. The lowest BCUT2D eigenvalue weighted by Gasteiger charge is -2.21. The van der Waals surface area contributed by atoms with Crippen molar-refractivity contribution in [3.05, 3.63) is 65.2 Å². The lowest BCUT2D eigenvalue weighted by molar-refractivity contribution is -0.147. The molecule has 0 bridgehead atoms. The van der Waals surface area contributed by atoms with Crippen LogP contribution in [0, 0.1) is 0 Å². The number of ether oxygens (including phenoxy) is 1. The van der Waals surface area contributed by atoms with Gasteiger partial charge in [-0.3, -0.25) is 9.69 Å². The van der Waals surface area contributed by atoms with E-state index in [1.165, 1.54) is 31.4 Å². The third kappa shape index (κ3) is 5.26. The van der Waals surface area contributed by atoms with Crippen LogP contribution in [0.2, 0.25) is 0 Å². The van der Waals surface area contributed by atoms with E-state index in [-0.39, 0.29) is 12.1 Å². The van der Waals surface area contributed by atoms with Gasteiger partial charge in [-0.1, -0.05) is 38.1 Å². The summed E-state index contributed by atoms with van der Waals surface area (Å²) in [6.07, 6.45) is 0. The first-order chi connectivity index (χ1) is 12.9. The standard InChI is InChI=1S/C21H26F2N2O2/c1-4-25(5-2)15-17-9-7-6-8-16(17)14-24-20(26)21(22,23)18-10-12-19(27-3)13-11-18/h6-13H,4-5,14-15H2,1-3H3,(H,24,26). The molecule has 2 aromatic rings. The zero-order valence-corrected chi connectivity index (χ0v) is 16.0. The Morgan fingerprint density at radius 2 is 1.63 bits per heavy atom. The lowest BCUT2D eigenvalue weighted by Crippen LogP contribution is -2.38. The molecule has 27 heavy (non-hydrogen) atoms. The molecule has 0 unspecified atom stereocenters. The third-order valence-electron chi connectivity index (χ3n) is 4.58. The Bertz CT molecular complexity index is 744. The van der Waals surface area contributed by atoms with Crippen LogP contribution in [0.25, 0.3) is 0 Å². The molecule has 0 saturated heterocycles. The number of halogens is 2. The van der Waals surface area contributed by atoms with Crippen LogP contribution in [-0.2, 0) is 23.8 Å². The molecular weight excluding hydrogens is 350 g/mol. The van der Waals surface area contributed by atoms with E-state index in [1.54, 1.807) is 0 Å². The highest BCUT2D eigenvalue weighted by Gasteiger charge is 2.40. The second-order valence-electron chi connectivity index (χ2n) is 6.22. The molecule has 0 aromatic heterocycles. The minimum Gasteiger partial charge on any atom is -0.497 e. The Morgan fingerprint density at radius 1 is 1.04 bits per heavy atom. The molecule has 6 heteroatoms. The number of nitrogens with zero attached hydrogens (tertiary/aromatic N) is 1. The summed E-state index contributed by atoms with van der Waals surface area (Å²) in [5.41, 5.74) is 1.50. The second-order valence-corrected chi connectivity index (χ2v) is 6.22. The highest BCUT2D eigenvalue weighted by molar-refractivity contribution is 5.84. The van der Waals surface area contributed by atoms with Gasteiger partial charge in [0.1, 0.15) is 5.75 Å². The van der Waals surface area contributed by atoms with Gasteiger partial charge in [0.05, 0.1) is 7.11 Å². The average Bonchev–Trinajstić information content (AvgIpc) is 2.70. The van der Waals surface area contributed by atoms with E-state index in [9.17, 15) is 13.6 Å². The molecule has 1 amide bonds. The normalized spacial score (nSPS) is 11.5. The summed E-state index contributed by atoms with van der Waals surface area (Å²) in [5.74, 6) is -4.47. The predicted molar refractivity (Wildman–Crippen MR) is 102 cm³/mol. The molecular formula is C21H26F2N2O2. The van der Waals surface area contributed by atoms with Crippen molar-refractivity contribution in [3.63, 3.8) is 0 Å². The molecule has 146 valence electrons. The first-order valence-electron chi connectivity index (χ1n) is 9.02. The zero-order valence-electron chi connectivity index (χ0n) is 16.0. The molecule has 0 fully saturated rings. The molecule has 1 N–H and O–H groups in total. The van der Waals surface area contributed by atoms with Gasteiger partial charge in [-0.2, -0.15) is 8.78 Å². The van der Waals surface area contributed by atoms with Crippen molar-refractivity contribution in [2.45, 2.75) is 32.9 Å². The van der Waals surface area contributed by atoms with E-state index in [0.29, 0.717) is 12.3 Å². The minimum atomic E-state index is -3.61. The maximum Gasteiger partial charge on any atom is 0.349 e. The maximum absolute atomic E-state index is 14.4. The summed E-state index contributed by atoms with van der Waals surface area (Å²) in [5, 5.41) is 2.38. The zero-order chi connectivity index (χ0) is 19.9. The monoisotopic (exact) mass is 376 g/mol. The predicted octanol–water partition coefficient (Wildman–Crippen LogP) is 3.95. The number of carbonyl (C=O) groups is 1. The van der Waals surface area contributed by atoms with E-state index in [1.807, 2.05) is 24.3 Å². The third-order valence-corrected chi connectivity index (χ3v) is 4.58. The van der Waals surface area contributed by atoms with Crippen LogP contribution in [0.3, 0.4) is 0 Å². The fraction of sp³-hybridized carbons (Fsp3) is 0.381. The number of alkyl halides is 2. The first kappa shape index (κ1) is 20.8. The number of rotatable bonds is 9. The van der Waals surface area contributed by atoms with Crippen molar-refractivity contribution in [1.29, 1.82) is 0 Å². The van der Waals surface area contributed by atoms with Crippen LogP contribution < -0.4 is 10.1 Å². The highest BCUT2D eigenvalue weighted by Crippen LogP contribution is 2.29. The van der Waals surface area contributed by atoms with Gasteiger partial charge >= 0.3 is 5.92 Å².